The van der Waals surface area contributed by atoms with Crippen molar-refractivity contribution in [2.24, 2.45) is 5.92 Å². The van der Waals surface area contributed by atoms with Crippen molar-refractivity contribution >= 4 is 5.91 Å². The molecule has 2 unspecified atom stereocenters. The highest BCUT2D eigenvalue weighted by atomic mass is 16.5. The molecule has 1 amide bonds. The van der Waals surface area contributed by atoms with Crippen molar-refractivity contribution in [2.45, 2.75) is 45.6 Å². The molecule has 6 nitrogen and oxygen atoms in total. The molecule has 0 radical (unpaired) electrons. The second kappa shape index (κ2) is 6.17. The lowest BCUT2D eigenvalue weighted by Gasteiger charge is -2.42. The minimum absolute atomic E-state index is 0.0744. The summed E-state index contributed by atoms with van der Waals surface area (Å²) in [5, 5.41) is 3.95. The number of carbonyl (C=O) groups is 1. The van der Waals surface area contributed by atoms with Crippen LogP contribution in [0.1, 0.15) is 41.5 Å². The first-order valence-electron chi connectivity index (χ1n) is 8.92. The molecule has 1 fully saturated rings. The number of piperidine rings is 1. The SMILES string of the molecule is Cc1noc(C)c1CCC(=O)N1CC2CC(C1)c1cccc(=O)n1C2. The van der Waals surface area contributed by atoms with Crippen LogP contribution in [0, 0.1) is 19.8 Å². The Morgan fingerprint density at radius 1 is 1.28 bits per heavy atom. The predicted molar refractivity (Wildman–Crippen MR) is 92.4 cm³/mol. The fourth-order valence-corrected chi connectivity index (χ4v) is 4.35. The van der Waals surface area contributed by atoms with Gasteiger partial charge in [-0.1, -0.05) is 11.2 Å². The molecule has 1 saturated heterocycles. The zero-order valence-electron chi connectivity index (χ0n) is 14.7. The van der Waals surface area contributed by atoms with E-state index in [1.165, 1.54) is 0 Å². The molecule has 0 saturated carbocycles. The molecule has 2 aromatic rings. The molecule has 132 valence electrons. The maximum absolute atomic E-state index is 12.7. The van der Waals surface area contributed by atoms with Crippen molar-refractivity contribution < 1.29 is 9.32 Å². The summed E-state index contributed by atoms with van der Waals surface area (Å²) in [4.78, 5) is 26.8. The van der Waals surface area contributed by atoms with Gasteiger partial charge in [-0.2, -0.15) is 0 Å². The van der Waals surface area contributed by atoms with Crippen LogP contribution in [0.15, 0.2) is 27.5 Å². The highest BCUT2D eigenvalue weighted by molar-refractivity contribution is 5.76. The molecule has 2 bridgehead atoms. The second-order valence-electron chi connectivity index (χ2n) is 7.30. The normalized spacial score (nSPS) is 21.9. The maximum Gasteiger partial charge on any atom is 0.250 e. The van der Waals surface area contributed by atoms with Crippen molar-refractivity contribution in [3.8, 4) is 0 Å². The van der Waals surface area contributed by atoms with Gasteiger partial charge >= 0.3 is 0 Å². The summed E-state index contributed by atoms with van der Waals surface area (Å²) in [5.41, 5.74) is 3.06. The zero-order chi connectivity index (χ0) is 17.6. The second-order valence-corrected chi connectivity index (χ2v) is 7.30. The van der Waals surface area contributed by atoms with Crippen LogP contribution in [0.2, 0.25) is 0 Å². The van der Waals surface area contributed by atoms with Gasteiger partial charge in [0.2, 0.25) is 5.91 Å². The van der Waals surface area contributed by atoms with E-state index in [1.54, 1.807) is 6.07 Å². The van der Waals surface area contributed by atoms with Crippen molar-refractivity contribution in [3.05, 3.63) is 51.3 Å². The quantitative estimate of drug-likeness (QED) is 0.857. The van der Waals surface area contributed by atoms with Crippen LogP contribution in [0.25, 0.3) is 0 Å². The summed E-state index contributed by atoms with van der Waals surface area (Å²) < 4.78 is 7.07. The van der Waals surface area contributed by atoms with Crippen LogP contribution < -0.4 is 5.56 Å². The summed E-state index contributed by atoms with van der Waals surface area (Å²) in [6, 6.07) is 5.48. The minimum atomic E-state index is 0.0744. The molecular formula is C19H23N3O3. The summed E-state index contributed by atoms with van der Waals surface area (Å²) in [6.45, 7) is 5.98. The number of aryl methyl sites for hydroxylation is 2. The Balaban J connectivity index is 1.47. The zero-order valence-corrected chi connectivity index (χ0v) is 14.7. The molecule has 2 aliphatic heterocycles. The first-order valence-corrected chi connectivity index (χ1v) is 8.92. The number of amides is 1. The van der Waals surface area contributed by atoms with Crippen LogP contribution in [0.5, 0.6) is 0 Å². The highest BCUT2D eigenvalue weighted by Crippen LogP contribution is 2.35. The first kappa shape index (κ1) is 16.1. The molecule has 4 heterocycles. The third kappa shape index (κ3) is 2.90. The van der Waals surface area contributed by atoms with Gasteiger partial charge in [-0.05, 0) is 38.7 Å². The third-order valence-corrected chi connectivity index (χ3v) is 5.60. The Kier molecular flexibility index (Phi) is 3.98. The third-order valence-electron chi connectivity index (χ3n) is 5.60. The van der Waals surface area contributed by atoms with Crippen molar-refractivity contribution in [1.29, 1.82) is 0 Å². The fourth-order valence-electron chi connectivity index (χ4n) is 4.35. The van der Waals surface area contributed by atoms with Gasteiger partial charge in [-0.3, -0.25) is 9.59 Å². The number of pyridine rings is 1. The van der Waals surface area contributed by atoms with E-state index in [4.69, 9.17) is 4.52 Å². The lowest BCUT2D eigenvalue weighted by molar-refractivity contribution is -0.133. The van der Waals surface area contributed by atoms with Crippen molar-refractivity contribution in [1.82, 2.24) is 14.6 Å². The minimum Gasteiger partial charge on any atom is -0.361 e. The molecule has 25 heavy (non-hydrogen) atoms. The lowest BCUT2D eigenvalue weighted by atomic mass is 9.83. The number of rotatable bonds is 3. The number of likely N-dealkylation sites (tertiary alicyclic amines) is 1. The van der Waals surface area contributed by atoms with Crippen molar-refractivity contribution in [3.63, 3.8) is 0 Å². The summed E-state index contributed by atoms with van der Waals surface area (Å²) in [7, 11) is 0. The van der Waals surface area contributed by atoms with Crippen LogP contribution in [0.3, 0.4) is 0 Å². The Bertz CT molecular complexity index is 848. The number of nitrogens with zero attached hydrogens (tertiary/aromatic N) is 3. The number of carbonyl (C=O) groups excluding carboxylic acids is 1. The maximum atomic E-state index is 12.7. The van der Waals surface area contributed by atoms with Crippen LogP contribution in [0.4, 0.5) is 0 Å². The van der Waals surface area contributed by atoms with Gasteiger partial charge in [0.15, 0.2) is 0 Å². The topological polar surface area (TPSA) is 68.3 Å². The first-order chi connectivity index (χ1) is 12.0. The van der Waals surface area contributed by atoms with E-state index >= 15 is 0 Å². The number of aromatic nitrogens is 2. The van der Waals surface area contributed by atoms with E-state index in [0.717, 1.165) is 42.2 Å². The molecule has 2 aromatic heterocycles. The predicted octanol–water partition coefficient (Wildman–Crippen LogP) is 2.03. The van der Waals surface area contributed by atoms with Gasteiger partial charge < -0.3 is 14.0 Å². The van der Waals surface area contributed by atoms with Gasteiger partial charge in [-0.15, -0.1) is 0 Å². The van der Waals surface area contributed by atoms with Gasteiger partial charge in [0.25, 0.3) is 5.56 Å². The van der Waals surface area contributed by atoms with Gasteiger partial charge in [-0.25, -0.2) is 0 Å². The summed E-state index contributed by atoms with van der Waals surface area (Å²) in [5.74, 6) is 1.62. The van der Waals surface area contributed by atoms with E-state index in [-0.39, 0.29) is 17.4 Å². The van der Waals surface area contributed by atoms with E-state index in [1.807, 2.05) is 35.4 Å². The number of hydrogen-bond acceptors (Lipinski definition) is 4. The van der Waals surface area contributed by atoms with E-state index in [0.29, 0.717) is 25.3 Å². The van der Waals surface area contributed by atoms with Gasteiger partial charge in [0, 0.05) is 49.3 Å². The molecule has 4 rings (SSSR count). The van der Waals surface area contributed by atoms with Gasteiger partial charge in [0.05, 0.1) is 5.69 Å². The molecule has 0 N–H and O–H groups in total. The number of fused-ring (bicyclic) bond motifs is 4. The van der Waals surface area contributed by atoms with E-state index in [2.05, 4.69) is 5.16 Å². The van der Waals surface area contributed by atoms with E-state index < -0.39 is 0 Å². The summed E-state index contributed by atoms with van der Waals surface area (Å²) >= 11 is 0. The average molecular weight is 341 g/mol. The molecule has 0 spiro atoms. The Morgan fingerprint density at radius 2 is 2.12 bits per heavy atom. The largest absolute Gasteiger partial charge is 0.361 e. The van der Waals surface area contributed by atoms with Crippen molar-refractivity contribution in [2.75, 3.05) is 13.1 Å². The Hall–Kier alpha value is -2.37. The monoisotopic (exact) mass is 341 g/mol. The van der Waals surface area contributed by atoms with Crippen LogP contribution in [-0.2, 0) is 17.8 Å². The fraction of sp³-hybridized carbons (Fsp3) is 0.526. The summed E-state index contributed by atoms with van der Waals surface area (Å²) in [6.07, 6.45) is 2.21. The van der Waals surface area contributed by atoms with Gasteiger partial charge in [0.1, 0.15) is 5.76 Å². The molecule has 6 heteroatoms. The van der Waals surface area contributed by atoms with Crippen LogP contribution >= 0.6 is 0 Å². The highest BCUT2D eigenvalue weighted by Gasteiger charge is 2.36. The van der Waals surface area contributed by atoms with E-state index in [9.17, 15) is 9.59 Å². The Morgan fingerprint density at radius 3 is 2.88 bits per heavy atom. The Labute approximate surface area is 146 Å². The molecular weight excluding hydrogens is 318 g/mol. The molecule has 0 aromatic carbocycles. The smallest absolute Gasteiger partial charge is 0.250 e. The molecule has 0 aliphatic carbocycles. The molecule has 2 atom stereocenters. The lowest BCUT2D eigenvalue weighted by Crippen LogP contribution is -2.49. The molecule has 2 aliphatic rings. The average Bonchev–Trinajstić information content (AvgIpc) is 2.92. The number of hydrogen-bond donors (Lipinski definition) is 0. The van der Waals surface area contributed by atoms with Crippen LogP contribution in [-0.4, -0.2) is 33.6 Å². The standard InChI is InChI=1S/C19H23N3O3/c1-12-16(13(2)25-20-12)6-7-18(23)21-9-14-8-15(11-21)17-4-3-5-19(24)22(17)10-14/h3-5,14-15H,6-11H2,1-2H3.